The van der Waals surface area contributed by atoms with E-state index in [0.717, 1.165) is 14.7 Å². The molecule has 1 atom stereocenters. The Morgan fingerprint density at radius 2 is 1.89 bits per heavy atom. The number of aromatic nitrogens is 1. The summed E-state index contributed by atoms with van der Waals surface area (Å²) in [6, 6.07) is 19.8. The number of hydrogen-bond donors (Lipinski definition) is 0. The SMILES string of the molecule is CCOC(=O)C1=C(C)N=c2s/c(=C\c3ccc(OCc4ccccc4C#N)c(I)c3)c(=O)n2[C@@H]1c1ccc(OC(C)C)c(OC)c1. The number of rotatable bonds is 10. The van der Waals surface area contributed by atoms with Gasteiger partial charge in [0.15, 0.2) is 16.3 Å². The number of methoxy groups -OCH3 is 1. The van der Waals surface area contributed by atoms with Crippen LogP contribution >= 0.6 is 33.9 Å². The lowest BCUT2D eigenvalue weighted by atomic mass is 9.95. The van der Waals surface area contributed by atoms with Crippen LogP contribution in [0.3, 0.4) is 0 Å². The summed E-state index contributed by atoms with van der Waals surface area (Å²) in [5, 5.41) is 9.37. The monoisotopic (exact) mass is 749 g/mol. The molecule has 0 aliphatic carbocycles. The highest BCUT2D eigenvalue weighted by Crippen LogP contribution is 2.36. The quantitative estimate of drug-likeness (QED) is 0.152. The fourth-order valence-electron chi connectivity index (χ4n) is 5.10. The van der Waals surface area contributed by atoms with Crippen LogP contribution in [-0.4, -0.2) is 30.4 Å². The molecule has 11 heteroatoms. The largest absolute Gasteiger partial charge is 0.493 e. The van der Waals surface area contributed by atoms with Gasteiger partial charge in [-0.05, 0) is 97.8 Å². The molecule has 1 aliphatic heterocycles. The fourth-order valence-corrected chi connectivity index (χ4v) is 6.84. The average Bonchev–Trinajstić information content (AvgIpc) is 3.33. The smallest absolute Gasteiger partial charge is 0.338 e. The first-order chi connectivity index (χ1) is 22.1. The summed E-state index contributed by atoms with van der Waals surface area (Å²) >= 11 is 3.44. The fraction of sp³-hybridized carbons (Fsp3) is 0.257. The molecule has 2 heterocycles. The van der Waals surface area contributed by atoms with Crippen LogP contribution in [-0.2, 0) is 16.1 Å². The van der Waals surface area contributed by atoms with Crippen molar-refractivity contribution >= 4 is 46.0 Å². The Hall–Kier alpha value is -4.41. The summed E-state index contributed by atoms with van der Waals surface area (Å²) in [4.78, 5) is 32.5. The number of carbonyl (C=O) groups is 1. The number of nitriles is 1. The van der Waals surface area contributed by atoms with Crippen molar-refractivity contribution in [2.24, 2.45) is 4.99 Å². The molecule has 0 fully saturated rings. The summed E-state index contributed by atoms with van der Waals surface area (Å²) in [7, 11) is 1.55. The maximum atomic E-state index is 14.1. The molecule has 0 amide bonds. The van der Waals surface area contributed by atoms with E-state index < -0.39 is 12.0 Å². The molecule has 0 unspecified atom stereocenters. The van der Waals surface area contributed by atoms with Crippen LogP contribution in [0.15, 0.2) is 81.7 Å². The van der Waals surface area contributed by atoms with Crippen molar-refractivity contribution in [1.82, 2.24) is 4.57 Å². The van der Waals surface area contributed by atoms with Gasteiger partial charge >= 0.3 is 5.97 Å². The third kappa shape index (κ3) is 6.88. The molecule has 1 aliphatic rings. The Balaban J connectivity index is 1.55. The lowest BCUT2D eigenvalue weighted by molar-refractivity contribution is -0.139. The zero-order valence-corrected chi connectivity index (χ0v) is 29.0. The molecule has 236 valence electrons. The van der Waals surface area contributed by atoms with Gasteiger partial charge in [0.05, 0.1) is 56.9 Å². The lowest BCUT2D eigenvalue weighted by Crippen LogP contribution is -2.40. The highest BCUT2D eigenvalue weighted by Gasteiger charge is 2.34. The summed E-state index contributed by atoms with van der Waals surface area (Å²) < 4.78 is 25.8. The number of halogens is 1. The van der Waals surface area contributed by atoms with E-state index in [9.17, 15) is 14.9 Å². The topological polar surface area (TPSA) is 112 Å². The first kappa shape index (κ1) is 33.0. The summed E-state index contributed by atoms with van der Waals surface area (Å²) in [6.45, 7) is 7.78. The number of fused-ring (bicyclic) bond motifs is 1. The van der Waals surface area contributed by atoms with E-state index in [1.807, 2.05) is 56.3 Å². The average molecular weight is 750 g/mol. The third-order valence-corrected chi connectivity index (χ3v) is 8.98. The standard InChI is InChI=1S/C35H32IN3O6S/c1-6-43-34(41)31-21(4)38-35-39(32(31)23-12-14-28(45-20(2)3)29(17-23)42-5)33(40)30(46-35)16-22-11-13-27(26(36)15-22)44-19-25-10-8-7-9-24(25)18-37/h7-17,20,32H,6,19H2,1-5H3/b30-16-/t32-/m1/s1. The van der Waals surface area contributed by atoms with Gasteiger partial charge in [0, 0.05) is 5.56 Å². The van der Waals surface area contributed by atoms with Gasteiger partial charge in [-0.2, -0.15) is 5.26 Å². The van der Waals surface area contributed by atoms with Crippen LogP contribution in [0.4, 0.5) is 0 Å². The molecule has 0 saturated heterocycles. The van der Waals surface area contributed by atoms with Crippen molar-refractivity contribution in [2.75, 3.05) is 13.7 Å². The van der Waals surface area contributed by atoms with Gasteiger partial charge in [0.2, 0.25) is 0 Å². The first-order valence-corrected chi connectivity index (χ1v) is 16.5. The molecule has 1 aromatic heterocycles. The normalized spacial score (nSPS) is 14.4. The molecule has 0 spiro atoms. The van der Waals surface area contributed by atoms with Crippen LogP contribution in [0, 0.1) is 14.9 Å². The van der Waals surface area contributed by atoms with Crippen molar-refractivity contribution in [2.45, 2.75) is 46.4 Å². The van der Waals surface area contributed by atoms with E-state index in [-0.39, 0.29) is 30.5 Å². The molecule has 0 saturated carbocycles. The molecule has 46 heavy (non-hydrogen) atoms. The Bertz CT molecular complexity index is 2060. The minimum absolute atomic E-state index is 0.0707. The van der Waals surface area contributed by atoms with Gasteiger partial charge in [0.1, 0.15) is 12.4 Å². The molecule has 5 rings (SSSR count). The molecule has 0 N–H and O–H groups in total. The zero-order chi connectivity index (χ0) is 33.0. The number of hydrogen-bond acceptors (Lipinski definition) is 9. The van der Waals surface area contributed by atoms with Crippen LogP contribution in [0.25, 0.3) is 6.08 Å². The number of allylic oxidation sites excluding steroid dienone is 1. The molecule has 0 radical (unpaired) electrons. The Morgan fingerprint density at radius 1 is 1.13 bits per heavy atom. The Morgan fingerprint density at radius 3 is 2.59 bits per heavy atom. The van der Waals surface area contributed by atoms with Crippen molar-refractivity contribution in [1.29, 1.82) is 5.26 Å². The predicted molar refractivity (Wildman–Crippen MR) is 184 cm³/mol. The maximum Gasteiger partial charge on any atom is 0.338 e. The van der Waals surface area contributed by atoms with E-state index in [4.69, 9.17) is 18.9 Å². The molecule has 9 nitrogen and oxygen atoms in total. The van der Waals surface area contributed by atoms with Crippen molar-refractivity contribution in [3.8, 4) is 23.3 Å². The van der Waals surface area contributed by atoms with Gasteiger partial charge < -0.3 is 18.9 Å². The number of benzene rings is 3. The second-order valence-electron chi connectivity index (χ2n) is 10.6. The second-order valence-corrected chi connectivity index (χ2v) is 12.8. The highest BCUT2D eigenvalue weighted by atomic mass is 127. The van der Waals surface area contributed by atoms with Crippen LogP contribution in [0.5, 0.6) is 17.2 Å². The van der Waals surface area contributed by atoms with Crippen LogP contribution < -0.4 is 29.1 Å². The van der Waals surface area contributed by atoms with E-state index >= 15 is 0 Å². The molecule has 0 bridgehead atoms. The number of ether oxygens (including phenoxy) is 4. The molecular formula is C35H32IN3O6S. The lowest BCUT2D eigenvalue weighted by Gasteiger charge is -2.25. The van der Waals surface area contributed by atoms with Gasteiger partial charge in [-0.15, -0.1) is 0 Å². The van der Waals surface area contributed by atoms with Crippen LogP contribution in [0.1, 0.15) is 56.0 Å². The maximum absolute atomic E-state index is 14.1. The van der Waals surface area contributed by atoms with Crippen molar-refractivity contribution < 1.29 is 23.7 Å². The minimum atomic E-state index is -0.786. The van der Waals surface area contributed by atoms with Gasteiger partial charge in [0.25, 0.3) is 5.56 Å². The van der Waals surface area contributed by atoms with Gasteiger partial charge in [-0.1, -0.05) is 41.7 Å². The number of esters is 1. The van der Waals surface area contributed by atoms with E-state index in [1.165, 1.54) is 11.3 Å². The summed E-state index contributed by atoms with van der Waals surface area (Å²) in [6.07, 6.45) is 1.74. The molecule has 4 aromatic rings. The van der Waals surface area contributed by atoms with Crippen molar-refractivity contribution in [3.05, 3.63) is 117 Å². The van der Waals surface area contributed by atoms with Crippen molar-refractivity contribution in [3.63, 3.8) is 0 Å². The zero-order valence-electron chi connectivity index (χ0n) is 26.0. The Kier molecular flexibility index (Phi) is 10.3. The second kappa shape index (κ2) is 14.3. The van der Waals surface area contributed by atoms with Crippen LogP contribution in [0.2, 0.25) is 0 Å². The number of carbonyl (C=O) groups excluding carboxylic acids is 1. The third-order valence-electron chi connectivity index (χ3n) is 7.16. The predicted octanol–water partition coefficient (Wildman–Crippen LogP) is 5.65. The van der Waals surface area contributed by atoms with E-state index in [2.05, 4.69) is 33.7 Å². The van der Waals surface area contributed by atoms with E-state index in [0.29, 0.717) is 43.4 Å². The van der Waals surface area contributed by atoms with Gasteiger partial charge in [-0.3, -0.25) is 9.36 Å². The van der Waals surface area contributed by atoms with E-state index in [1.54, 1.807) is 49.8 Å². The Labute approximate surface area is 284 Å². The van der Waals surface area contributed by atoms with Gasteiger partial charge in [-0.25, -0.2) is 9.79 Å². The molecule has 3 aromatic carbocycles. The summed E-state index contributed by atoms with van der Waals surface area (Å²) in [5.41, 5.74) is 3.32. The molecular weight excluding hydrogens is 717 g/mol. The minimum Gasteiger partial charge on any atom is -0.493 e. The number of nitrogens with zero attached hydrogens (tertiary/aromatic N) is 3. The number of thiazole rings is 1. The first-order valence-electron chi connectivity index (χ1n) is 14.6. The highest BCUT2D eigenvalue weighted by molar-refractivity contribution is 14.1. The summed E-state index contributed by atoms with van der Waals surface area (Å²) in [5.74, 6) is 1.18.